The van der Waals surface area contributed by atoms with E-state index < -0.39 is 5.97 Å². The number of carboxylic acids is 1. The molecule has 1 heterocycles. The van der Waals surface area contributed by atoms with Crippen molar-refractivity contribution >= 4 is 17.6 Å². The van der Waals surface area contributed by atoms with Crippen LogP contribution >= 0.6 is 0 Å². The van der Waals surface area contributed by atoms with E-state index in [0.717, 1.165) is 12.8 Å². The molecule has 1 amide bonds. The van der Waals surface area contributed by atoms with E-state index in [2.05, 4.69) is 5.10 Å². The lowest BCUT2D eigenvalue weighted by atomic mass is 10.1. The molecule has 0 saturated heterocycles. The van der Waals surface area contributed by atoms with Gasteiger partial charge >= 0.3 is 5.97 Å². The molecule has 5 nitrogen and oxygen atoms in total. The number of rotatable bonds is 3. The van der Waals surface area contributed by atoms with Crippen LogP contribution in [-0.4, -0.2) is 34.2 Å². The molecule has 2 aliphatic rings. The average molecular weight is 224 g/mol. The summed E-state index contributed by atoms with van der Waals surface area (Å²) in [5.41, 5.74) is 0.109. The number of carbonyl (C=O) groups is 2. The Morgan fingerprint density at radius 3 is 2.69 bits per heavy atom. The molecule has 5 heteroatoms. The molecule has 1 N–H and O–H groups in total. The fourth-order valence-electron chi connectivity index (χ4n) is 2.34. The van der Waals surface area contributed by atoms with Crippen LogP contribution in [0, 0.1) is 5.92 Å². The van der Waals surface area contributed by atoms with Crippen LogP contribution in [0.5, 0.6) is 0 Å². The third-order valence-electron chi connectivity index (χ3n) is 3.26. The molecule has 0 radical (unpaired) electrons. The highest BCUT2D eigenvalue weighted by Gasteiger charge is 2.27. The second-order valence-electron chi connectivity index (χ2n) is 4.48. The molecule has 1 saturated carbocycles. The number of carboxylic acid groups (broad SMARTS) is 1. The summed E-state index contributed by atoms with van der Waals surface area (Å²) in [7, 11) is 0. The Balaban J connectivity index is 2.02. The summed E-state index contributed by atoms with van der Waals surface area (Å²) in [5, 5.41) is 14.1. The highest BCUT2D eigenvalue weighted by molar-refractivity contribution is 6.36. The summed E-state index contributed by atoms with van der Waals surface area (Å²) in [5.74, 6) is -0.554. The summed E-state index contributed by atoms with van der Waals surface area (Å²) < 4.78 is 0. The first-order valence-corrected chi connectivity index (χ1v) is 5.78. The van der Waals surface area contributed by atoms with Crippen LogP contribution in [0.15, 0.2) is 5.10 Å². The van der Waals surface area contributed by atoms with Crippen molar-refractivity contribution in [3.63, 3.8) is 0 Å². The maximum Gasteiger partial charge on any atom is 0.352 e. The minimum Gasteiger partial charge on any atom is -0.477 e. The predicted octanol–water partition coefficient (Wildman–Crippen LogP) is 1.24. The van der Waals surface area contributed by atoms with Gasteiger partial charge in [-0.15, -0.1) is 0 Å². The Labute approximate surface area is 94.1 Å². The molecule has 88 valence electrons. The SMILES string of the molecule is O=C(O)C1=NN(CC2CCCC2)C(=O)CC1. The van der Waals surface area contributed by atoms with Crippen molar-refractivity contribution in [2.24, 2.45) is 11.0 Å². The normalized spacial score (nSPS) is 22.4. The van der Waals surface area contributed by atoms with Crippen molar-refractivity contribution in [3.05, 3.63) is 0 Å². The summed E-state index contributed by atoms with van der Waals surface area (Å²) >= 11 is 0. The van der Waals surface area contributed by atoms with E-state index in [1.54, 1.807) is 0 Å². The third kappa shape index (κ3) is 2.40. The topological polar surface area (TPSA) is 70.0 Å². The smallest absolute Gasteiger partial charge is 0.352 e. The maximum atomic E-state index is 11.6. The molecule has 16 heavy (non-hydrogen) atoms. The monoisotopic (exact) mass is 224 g/mol. The minimum atomic E-state index is -1.01. The van der Waals surface area contributed by atoms with Crippen LogP contribution < -0.4 is 0 Å². The van der Waals surface area contributed by atoms with Crippen LogP contribution in [0.25, 0.3) is 0 Å². The molecule has 0 atom stereocenters. The van der Waals surface area contributed by atoms with Crippen LogP contribution in [0.3, 0.4) is 0 Å². The van der Waals surface area contributed by atoms with Crippen molar-refractivity contribution in [1.82, 2.24) is 5.01 Å². The zero-order chi connectivity index (χ0) is 11.5. The number of amides is 1. The van der Waals surface area contributed by atoms with Gasteiger partial charge in [-0.2, -0.15) is 5.10 Å². The highest BCUT2D eigenvalue weighted by Crippen LogP contribution is 2.26. The first-order valence-electron chi connectivity index (χ1n) is 5.78. The molecule has 1 aliphatic carbocycles. The zero-order valence-electron chi connectivity index (χ0n) is 9.19. The van der Waals surface area contributed by atoms with E-state index in [1.165, 1.54) is 17.9 Å². The Hall–Kier alpha value is -1.39. The quantitative estimate of drug-likeness (QED) is 0.784. The first kappa shape index (κ1) is 11.1. The molecule has 0 spiro atoms. The lowest BCUT2D eigenvalue weighted by Gasteiger charge is -2.24. The molecular formula is C11H16N2O3. The Morgan fingerprint density at radius 2 is 2.06 bits per heavy atom. The van der Waals surface area contributed by atoms with Crippen molar-refractivity contribution in [2.75, 3.05) is 6.54 Å². The van der Waals surface area contributed by atoms with Crippen LogP contribution in [-0.2, 0) is 9.59 Å². The zero-order valence-corrected chi connectivity index (χ0v) is 9.19. The van der Waals surface area contributed by atoms with Crippen molar-refractivity contribution < 1.29 is 14.7 Å². The van der Waals surface area contributed by atoms with Crippen molar-refractivity contribution in [2.45, 2.75) is 38.5 Å². The van der Waals surface area contributed by atoms with E-state index in [1.807, 2.05) is 0 Å². The van der Waals surface area contributed by atoms with Crippen LogP contribution in [0.4, 0.5) is 0 Å². The van der Waals surface area contributed by atoms with Crippen LogP contribution in [0.1, 0.15) is 38.5 Å². The molecule has 1 fully saturated rings. The largest absolute Gasteiger partial charge is 0.477 e. The molecule has 1 aliphatic heterocycles. The predicted molar refractivity (Wildman–Crippen MR) is 58.0 cm³/mol. The lowest BCUT2D eigenvalue weighted by molar-refractivity contribution is -0.133. The van der Waals surface area contributed by atoms with Gasteiger partial charge in [-0.1, -0.05) is 12.8 Å². The summed E-state index contributed by atoms with van der Waals surface area (Å²) in [6.07, 6.45) is 5.21. The minimum absolute atomic E-state index is 0.0445. The standard InChI is InChI=1S/C11H16N2O3/c14-10-6-5-9(11(15)16)12-13(10)7-8-3-1-2-4-8/h8H,1-7H2,(H,15,16). The fraction of sp³-hybridized carbons (Fsp3) is 0.727. The lowest BCUT2D eigenvalue weighted by Crippen LogP contribution is -2.36. The summed E-state index contributed by atoms with van der Waals surface area (Å²) in [4.78, 5) is 22.4. The average Bonchev–Trinajstić information content (AvgIpc) is 2.73. The van der Waals surface area contributed by atoms with Crippen molar-refractivity contribution in [3.8, 4) is 0 Å². The van der Waals surface area contributed by atoms with Gasteiger partial charge in [0, 0.05) is 19.4 Å². The van der Waals surface area contributed by atoms with Gasteiger partial charge in [0.25, 0.3) is 0 Å². The maximum absolute atomic E-state index is 11.6. The molecule has 0 bridgehead atoms. The van der Waals surface area contributed by atoms with Gasteiger partial charge < -0.3 is 5.11 Å². The van der Waals surface area contributed by atoms with E-state index in [9.17, 15) is 9.59 Å². The highest BCUT2D eigenvalue weighted by atomic mass is 16.4. The summed E-state index contributed by atoms with van der Waals surface area (Å²) in [6.45, 7) is 0.593. The number of nitrogens with zero attached hydrogens (tertiary/aromatic N) is 2. The summed E-state index contributed by atoms with van der Waals surface area (Å²) in [6, 6.07) is 0. The molecule has 2 rings (SSSR count). The molecular weight excluding hydrogens is 208 g/mol. The van der Waals surface area contributed by atoms with Gasteiger partial charge in [0.15, 0.2) is 0 Å². The van der Waals surface area contributed by atoms with Gasteiger partial charge in [0.2, 0.25) is 5.91 Å². The van der Waals surface area contributed by atoms with Gasteiger partial charge in [-0.3, -0.25) is 4.79 Å². The number of hydrogen-bond donors (Lipinski definition) is 1. The van der Waals surface area contributed by atoms with Crippen molar-refractivity contribution in [1.29, 1.82) is 0 Å². The Morgan fingerprint density at radius 1 is 1.38 bits per heavy atom. The second kappa shape index (κ2) is 4.63. The number of aliphatic carboxylic acids is 1. The number of hydrogen-bond acceptors (Lipinski definition) is 3. The Bertz CT molecular complexity index is 332. The van der Waals surface area contributed by atoms with Gasteiger partial charge in [-0.25, -0.2) is 9.80 Å². The van der Waals surface area contributed by atoms with Crippen LogP contribution in [0.2, 0.25) is 0 Å². The Kier molecular flexibility index (Phi) is 3.22. The van der Waals surface area contributed by atoms with E-state index in [0.29, 0.717) is 12.5 Å². The van der Waals surface area contributed by atoms with E-state index >= 15 is 0 Å². The fourth-order valence-corrected chi connectivity index (χ4v) is 2.34. The molecule has 0 aromatic rings. The van der Waals surface area contributed by atoms with Gasteiger partial charge in [-0.05, 0) is 18.8 Å². The second-order valence-corrected chi connectivity index (χ2v) is 4.48. The number of carbonyl (C=O) groups excluding carboxylic acids is 1. The molecule has 0 unspecified atom stereocenters. The van der Waals surface area contributed by atoms with E-state index in [-0.39, 0.29) is 24.5 Å². The van der Waals surface area contributed by atoms with Gasteiger partial charge in [0.05, 0.1) is 0 Å². The first-order chi connectivity index (χ1) is 7.66. The van der Waals surface area contributed by atoms with Gasteiger partial charge in [0.1, 0.15) is 5.71 Å². The molecule has 0 aromatic carbocycles. The number of hydrazone groups is 1. The third-order valence-corrected chi connectivity index (χ3v) is 3.26. The van der Waals surface area contributed by atoms with E-state index in [4.69, 9.17) is 5.11 Å². The molecule has 0 aromatic heterocycles.